The average molecular weight is 284 g/mol. The summed E-state index contributed by atoms with van der Waals surface area (Å²) in [5, 5.41) is 16.2. The third kappa shape index (κ3) is 4.42. The number of azo groups is 1. The number of halogens is 2. The Hall–Kier alpha value is -2.31. The summed E-state index contributed by atoms with van der Waals surface area (Å²) in [6, 6.07) is 6.69. The molecule has 0 saturated heterocycles. The molecule has 0 aliphatic heterocycles. The lowest BCUT2D eigenvalue weighted by molar-refractivity contribution is -0.139. The van der Waals surface area contributed by atoms with Crippen LogP contribution in [-0.2, 0) is 9.53 Å². The van der Waals surface area contributed by atoms with E-state index >= 15 is 0 Å². The number of esters is 1. The fourth-order valence-corrected chi connectivity index (χ4v) is 1.22. The molecule has 0 bridgehead atoms. The maximum absolute atomic E-state index is 12.4. The largest absolute Gasteiger partial charge is 0.505 e. The minimum Gasteiger partial charge on any atom is -0.505 e. The number of hydrogen-bond acceptors (Lipinski definition) is 5. The van der Waals surface area contributed by atoms with Crippen molar-refractivity contribution < 1.29 is 23.4 Å². The zero-order chi connectivity index (χ0) is 15.1. The molecule has 0 aliphatic rings. The van der Waals surface area contributed by atoms with Gasteiger partial charge in [0.2, 0.25) is 5.70 Å². The van der Waals surface area contributed by atoms with E-state index < -0.39 is 23.9 Å². The van der Waals surface area contributed by atoms with Gasteiger partial charge in [-0.25, -0.2) is 13.6 Å². The molecule has 0 saturated carbocycles. The number of rotatable bonds is 5. The van der Waals surface area contributed by atoms with Crippen LogP contribution in [0.15, 0.2) is 46.0 Å². The van der Waals surface area contributed by atoms with E-state index in [0.717, 1.165) is 5.56 Å². The second-order valence-electron chi connectivity index (χ2n) is 3.79. The molecule has 1 N–H and O–H groups in total. The Morgan fingerprint density at radius 3 is 2.45 bits per heavy atom. The van der Waals surface area contributed by atoms with E-state index in [-0.39, 0.29) is 6.61 Å². The van der Waals surface area contributed by atoms with Crippen LogP contribution in [0.2, 0.25) is 0 Å². The van der Waals surface area contributed by atoms with Crippen LogP contribution >= 0.6 is 0 Å². The van der Waals surface area contributed by atoms with E-state index in [0.29, 0.717) is 5.69 Å². The average Bonchev–Trinajstić information content (AvgIpc) is 2.41. The van der Waals surface area contributed by atoms with Gasteiger partial charge in [0.1, 0.15) is 0 Å². The smallest absolute Gasteiger partial charge is 0.362 e. The van der Waals surface area contributed by atoms with Crippen LogP contribution in [0, 0.1) is 6.92 Å². The van der Waals surface area contributed by atoms with E-state index in [1.165, 1.54) is 6.92 Å². The molecule has 0 amide bonds. The number of carbonyl (C=O) groups excluding carboxylic acids is 1. The second-order valence-corrected chi connectivity index (χ2v) is 3.79. The highest BCUT2D eigenvalue weighted by molar-refractivity contribution is 5.88. The van der Waals surface area contributed by atoms with Gasteiger partial charge in [-0.1, -0.05) is 17.7 Å². The third-order valence-corrected chi connectivity index (χ3v) is 2.22. The molecule has 0 aromatic heterocycles. The normalized spacial score (nSPS) is 12.7. The molecule has 0 unspecified atom stereocenters. The number of alkyl halides is 2. The Labute approximate surface area is 114 Å². The first-order valence-corrected chi connectivity index (χ1v) is 5.82. The molecule has 1 aromatic rings. The zero-order valence-electron chi connectivity index (χ0n) is 11.0. The molecule has 20 heavy (non-hydrogen) atoms. The molecular formula is C13H14F2N2O3. The summed E-state index contributed by atoms with van der Waals surface area (Å²) in [5.74, 6) is -2.61. The molecule has 0 heterocycles. The quantitative estimate of drug-likeness (QED) is 0.388. The topological polar surface area (TPSA) is 71.2 Å². The number of aryl methyl sites for hydroxylation is 1. The van der Waals surface area contributed by atoms with Crippen molar-refractivity contribution in [2.75, 3.05) is 6.61 Å². The predicted octanol–water partition coefficient (Wildman–Crippen LogP) is 3.68. The van der Waals surface area contributed by atoms with Crippen LogP contribution in [0.1, 0.15) is 12.5 Å². The van der Waals surface area contributed by atoms with Gasteiger partial charge in [-0.2, -0.15) is 5.11 Å². The van der Waals surface area contributed by atoms with Gasteiger partial charge < -0.3 is 9.84 Å². The fraction of sp³-hybridized carbons (Fsp3) is 0.308. The Morgan fingerprint density at radius 2 is 1.95 bits per heavy atom. The number of ether oxygens (including phenoxy) is 1. The summed E-state index contributed by atoms with van der Waals surface area (Å²) in [6.45, 7) is 3.35. The minimum absolute atomic E-state index is 0.0289. The van der Waals surface area contributed by atoms with E-state index in [9.17, 15) is 18.7 Å². The van der Waals surface area contributed by atoms with Gasteiger partial charge in [0, 0.05) is 0 Å². The van der Waals surface area contributed by atoms with Crippen LogP contribution < -0.4 is 0 Å². The van der Waals surface area contributed by atoms with Gasteiger partial charge in [-0.05, 0) is 26.0 Å². The number of hydrogen-bond donors (Lipinski definition) is 1. The van der Waals surface area contributed by atoms with Crippen molar-refractivity contribution >= 4 is 11.7 Å². The minimum atomic E-state index is -3.23. The van der Waals surface area contributed by atoms with Crippen molar-refractivity contribution in [1.82, 2.24) is 0 Å². The lowest BCUT2D eigenvalue weighted by atomic mass is 10.2. The summed E-state index contributed by atoms with van der Waals surface area (Å²) in [7, 11) is 0. The molecule has 0 radical (unpaired) electrons. The van der Waals surface area contributed by atoms with Crippen molar-refractivity contribution in [3.63, 3.8) is 0 Å². The van der Waals surface area contributed by atoms with Gasteiger partial charge >= 0.3 is 5.97 Å². The Bertz CT molecular complexity index is 525. The molecule has 1 rings (SSSR count). The van der Waals surface area contributed by atoms with Crippen molar-refractivity contribution in [2.24, 2.45) is 10.2 Å². The molecule has 1 aromatic carbocycles. The van der Waals surface area contributed by atoms with E-state index in [1.54, 1.807) is 24.3 Å². The van der Waals surface area contributed by atoms with Crippen LogP contribution in [0.25, 0.3) is 0 Å². The van der Waals surface area contributed by atoms with E-state index in [4.69, 9.17) is 0 Å². The van der Waals surface area contributed by atoms with Gasteiger partial charge in [-0.3, -0.25) is 0 Å². The first-order valence-electron chi connectivity index (χ1n) is 5.82. The lowest BCUT2D eigenvalue weighted by Gasteiger charge is -2.04. The Balaban J connectivity index is 3.04. The van der Waals surface area contributed by atoms with Gasteiger partial charge in [0.25, 0.3) is 6.43 Å². The summed E-state index contributed by atoms with van der Waals surface area (Å²) >= 11 is 0. The van der Waals surface area contributed by atoms with Gasteiger partial charge in [-0.15, -0.1) is 5.11 Å². The van der Waals surface area contributed by atoms with Gasteiger partial charge in [0.05, 0.1) is 12.3 Å². The Kier molecular flexibility index (Phi) is 5.76. The van der Waals surface area contributed by atoms with Crippen LogP contribution in [0.3, 0.4) is 0 Å². The number of aliphatic hydroxyl groups excluding tert-OH is 1. The van der Waals surface area contributed by atoms with E-state index in [1.807, 2.05) is 6.92 Å². The Morgan fingerprint density at radius 1 is 1.35 bits per heavy atom. The number of carbonyl (C=O) groups is 1. The maximum atomic E-state index is 12.4. The molecule has 0 spiro atoms. The molecule has 108 valence electrons. The summed E-state index contributed by atoms with van der Waals surface area (Å²) in [5.41, 5.74) is 0.447. The van der Waals surface area contributed by atoms with Crippen molar-refractivity contribution in [3.8, 4) is 0 Å². The molecule has 5 nitrogen and oxygen atoms in total. The number of nitrogens with zero attached hydrogens (tertiary/aromatic N) is 2. The van der Waals surface area contributed by atoms with E-state index in [2.05, 4.69) is 15.0 Å². The molecular weight excluding hydrogens is 270 g/mol. The van der Waals surface area contributed by atoms with Crippen molar-refractivity contribution in [1.29, 1.82) is 0 Å². The maximum Gasteiger partial charge on any atom is 0.362 e. The predicted molar refractivity (Wildman–Crippen MR) is 68.0 cm³/mol. The molecule has 0 fully saturated rings. The standard InChI is InChI=1S/C13H14F2N2O3/c1-3-20-13(19)10(11(18)12(14)15)17-16-9-6-4-8(2)5-7-9/h4-7,12,18H,3H2,1-2H3. The van der Waals surface area contributed by atoms with Crippen LogP contribution in [0.5, 0.6) is 0 Å². The number of allylic oxidation sites excluding steroid dienone is 1. The third-order valence-electron chi connectivity index (χ3n) is 2.22. The van der Waals surface area contributed by atoms with Crippen molar-refractivity contribution in [2.45, 2.75) is 20.3 Å². The summed E-state index contributed by atoms with van der Waals surface area (Å²) < 4.78 is 29.4. The highest BCUT2D eigenvalue weighted by atomic mass is 19.3. The zero-order valence-corrected chi connectivity index (χ0v) is 11.0. The van der Waals surface area contributed by atoms with Gasteiger partial charge in [0.15, 0.2) is 5.76 Å². The van der Waals surface area contributed by atoms with Crippen LogP contribution in [0.4, 0.5) is 14.5 Å². The highest BCUT2D eigenvalue weighted by Gasteiger charge is 2.23. The first kappa shape index (κ1) is 15.7. The summed E-state index contributed by atoms with van der Waals surface area (Å²) in [4.78, 5) is 11.4. The SMILES string of the molecule is CCOC(=O)C(N=Nc1ccc(C)cc1)=C(O)C(F)F. The monoisotopic (exact) mass is 284 g/mol. The highest BCUT2D eigenvalue weighted by Crippen LogP contribution is 2.18. The lowest BCUT2D eigenvalue weighted by Crippen LogP contribution is -2.11. The molecule has 0 aliphatic carbocycles. The first-order chi connectivity index (χ1) is 9.45. The second kappa shape index (κ2) is 7.32. The van der Waals surface area contributed by atoms with Crippen LogP contribution in [-0.4, -0.2) is 24.1 Å². The van der Waals surface area contributed by atoms with Crippen molar-refractivity contribution in [3.05, 3.63) is 41.3 Å². The number of benzene rings is 1. The summed E-state index contributed by atoms with van der Waals surface area (Å²) in [6.07, 6.45) is -3.23. The fourth-order valence-electron chi connectivity index (χ4n) is 1.22. The molecule has 7 heteroatoms. The molecule has 0 atom stereocenters. The number of aliphatic hydroxyl groups is 1.